The number of hydrogen-bond donors (Lipinski definition) is 2. The fraction of sp³-hybridized carbons (Fsp3) is 1.00. The third kappa shape index (κ3) is 11.2. The molecule has 0 aliphatic heterocycles. The number of unbranched alkanes of at least 4 members (excludes halogenated alkanes) is 11. The van der Waals surface area contributed by atoms with E-state index in [1.165, 1.54) is 70.6 Å². The van der Waals surface area contributed by atoms with Gasteiger partial charge in [0.1, 0.15) is 0 Å². The van der Waals surface area contributed by atoms with Crippen LogP contribution in [-0.4, -0.2) is 23.4 Å². The summed E-state index contributed by atoms with van der Waals surface area (Å²) in [5, 5.41) is 18.8. The van der Waals surface area contributed by atoms with E-state index in [2.05, 4.69) is 13.8 Å². The minimum atomic E-state index is -0.224. The second kappa shape index (κ2) is 14.8. The second-order valence-electron chi connectivity index (χ2n) is 6.81. The van der Waals surface area contributed by atoms with E-state index in [1.807, 2.05) is 0 Å². The molecule has 0 unspecified atom stereocenters. The van der Waals surface area contributed by atoms with E-state index in [4.69, 9.17) is 0 Å². The number of aliphatic hydroxyl groups is 2. The summed E-state index contributed by atoms with van der Waals surface area (Å²) < 4.78 is 0. The molecule has 2 heteroatoms. The number of aliphatic hydroxyl groups excluding tert-OH is 2. The van der Waals surface area contributed by atoms with Crippen LogP contribution in [0.15, 0.2) is 0 Å². The minimum absolute atomic E-state index is 0.123. The molecule has 0 amide bonds. The van der Waals surface area contributed by atoms with Crippen molar-refractivity contribution >= 4 is 0 Å². The SMILES string of the molecule is CCCCCCCCCCCCCCC(CC)(CO)CO. The molecule has 128 valence electrons. The molecule has 0 aromatic rings. The molecule has 0 aliphatic carbocycles. The predicted molar refractivity (Wildman–Crippen MR) is 92.6 cm³/mol. The highest BCUT2D eigenvalue weighted by Gasteiger charge is 2.25. The molecule has 0 aromatic carbocycles. The van der Waals surface area contributed by atoms with Gasteiger partial charge in [0.15, 0.2) is 0 Å². The van der Waals surface area contributed by atoms with E-state index in [-0.39, 0.29) is 18.6 Å². The highest BCUT2D eigenvalue weighted by Crippen LogP contribution is 2.28. The highest BCUT2D eigenvalue weighted by atomic mass is 16.3. The Morgan fingerprint density at radius 1 is 0.571 bits per heavy atom. The lowest BCUT2D eigenvalue weighted by Crippen LogP contribution is -2.28. The van der Waals surface area contributed by atoms with Crippen molar-refractivity contribution in [3.05, 3.63) is 0 Å². The van der Waals surface area contributed by atoms with Crippen molar-refractivity contribution in [1.82, 2.24) is 0 Å². The van der Waals surface area contributed by atoms with E-state index in [1.54, 1.807) is 0 Å². The third-order valence-corrected chi connectivity index (χ3v) is 4.98. The Morgan fingerprint density at radius 2 is 0.952 bits per heavy atom. The van der Waals surface area contributed by atoms with Gasteiger partial charge in [0, 0.05) is 5.41 Å². The van der Waals surface area contributed by atoms with Gasteiger partial charge in [-0.15, -0.1) is 0 Å². The van der Waals surface area contributed by atoms with Gasteiger partial charge < -0.3 is 10.2 Å². The zero-order valence-electron chi connectivity index (χ0n) is 14.7. The topological polar surface area (TPSA) is 40.5 Å². The van der Waals surface area contributed by atoms with Crippen molar-refractivity contribution in [2.45, 2.75) is 104 Å². The van der Waals surface area contributed by atoms with Crippen molar-refractivity contribution in [1.29, 1.82) is 0 Å². The fourth-order valence-corrected chi connectivity index (χ4v) is 2.95. The number of rotatable bonds is 16. The van der Waals surface area contributed by atoms with Crippen LogP contribution >= 0.6 is 0 Å². The second-order valence-corrected chi connectivity index (χ2v) is 6.81. The van der Waals surface area contributed by atoms with Crippen molar-refractivity contribution < 1.29 is 10.2 Å². The van der Waals surface area contributed by atoms with Crippen LogP contribution in [0.3, 0.4) is 0 Å². The molecular formula is C19H40O2. The van der Waals surface area contributed by atoms with Crippen LogP contribution in [-0.2, 0) is 0 Å². The fourth-order valence-electron chi connectivity index (χ4n) is 2.95. The molecule has 2 nitrogen and oxygen atoms in total. The molecule has 2 N–H and O–H groups in total. The van der Waals surface area contributed by atoms with E-state index in [0.717, 1.165) is 19.3 Å². The quantitative estimate of drug-likeness (QED) is 0.372. The normalized spacial score (nSPS) is 12.0. The van der Waals surface area contributed by atoms with Crippen LogP contribution in [0.25, 0.3) is 0 Å². The molecule has 0 heterocycles. The Morgan fingerprint density at radius 3 is 1.29 bits per heavy atom. The van der Waals surface area contributed by atoms with Gasteiger partial charge in [-0.2, -0.15) is 0 Å². The van der Waals surface area contributed by atoms with Crippen LogP contribution in [0.2, 0.25) is 0 Å². The summed E-state index contributed by atoms with van der Waals surface area (Å²) in [4.78, 5) is 0. The monoisotopic (exact) mass is 300 g/mol. The Balaban J connectivity index is 3.29. The zero-order chi connectivity index (χ0) is 15.8. The van der Waals surface area contributed by atoms with Crippen LogP contribution in [0.1, 0.15) is 104 Å². The summed E-state index contributed by atoms with van der Waals surface area (Å²) in [5.41, 5.74) is -0.224. The molecule has 0 atom stereocenters. The van der Waals surface area contributed by atoms with E-state index < -0.39 is 0 Å². The smallest absolute Gasteiger partial charge is 0.0509 e. The largest absolute Gasteiger partial charge is 0.396 e. The molecular weight excluding hydrogens is 260 g/mol. The van der Waals surface area contributed by atoms with Gasteiger partial charge in [0.05, 0.1) is 13.2 Å². The first kappa shape index (κ1) is 20.9. The molecule has 0 radical (unpaired) electrons. The molecule has 0 aromatic heterocycles. The summed E-state index contributed by atoms with van der Waals surface area (Å²) in [6.07, 6.45) is 18.1. The number of hydrogen-bond acceptors (Lipinski definition) is 2. The maximum atomic E-state index is 9.39. The molecule has 0 bridgehead atoms. The minimum Gasteiger partial charge on any atom is -0.396 e. The van der Waals surface area contributed by atoms with E-state index in [9.17, 15) is 10.2 Å². The Labute approximate surface area is 133 Å². The molecule has 21 heavy (non-hydrogen) atoms. The highest BCUT2D eigenvalue weighted by molar-refractivity contribution is 4.75. The van der Waals surface area contributed by atoms with Gasteiger partial charge in [0.25, 0.3) is 0 Å². The maximum Gasteiger partial charge on any atom is 0.0509 e. The summed E-state index contributed by atoms with van der Waals surface area (Å²) in [7, 11) is 0. The van der Waals surface area contributed by atoms with Crippen LogP contribution in [0.4, 0.5) is 0 Å². The Bertz CT molecular complexity index is 191. The van der Waals surface area contributed by atoms with Crippen LogP contribution in [0, 0.1) is 5.41 Å². The molecule has 0 fully saturated rings. The molecule has 0 spiro atoms. The van der Waals surface area contributed by atoms with Crippen molar-refractivity contribution in [3.8, 4) is 0 Å². The van der Waals surface area contributed by atoms with Crippen LogP contribution < -0.4 is 0 Å². The lowest BCUT2D eigenvalue weighted by Gasteiger charge is -2.28. The Hall–Kier alpha value is -0.0800. The summed E-state index contributed by atoms with van der Waals surface area (Å²) in [5.74, 6) is 0. The van der Waals surface area contributed by atoms with Gasteiger partial charge in [0.2, 0.25) is 0 Å². The summed E-state index contributed by atoms with van der Waals surface area (Å²) >= 11 is 0. The Kier molecular flexibility index (Phi) is 14.8. The lowest BCUT2D eigenvalue weighted by molar-refractivity contribution is 0.0416. The molecule has 0 saturated carbocycles. The van der Waals surface area contributed by atoms with Gasteiger partial charge in [-0.1, -0.05) is 90.9 Å². The van der Waals surface area contributed by atoms with Crippen molar-refractivity contribution in [3.63, 3.8) is 0 Å². The van der Waals surface area contributed by atoms with Gasteiger partial charge in [-0.3, -0.25) is 0 Å². The van der Waals surface area contributed by atoms with E-state index >= 15 is 0 Å². The predicted octanol–water partition coefficient (Wildman–Crippen LogP) is 5.46. The van der Waals surface area contributed by atoms with Crippen molar-refractivity contribution in [2.24, 2.45) is 5.41 Å². The maximum absolute atomic E-state index is 9.39. The summed E-state index contributed by atoms with van der Waals surface area (Å²) in [6, 6.07) is 0. The first-order valence-corrected chi connectivity index (χ1v) is 9.46. The van der Waals surface area contributed by atoms with Gasteiger partial charge >= 0.3 is 0 Å². The van der Waals surface area contributed by atoms with Gasteiger partial charge in [-0.05, 0) is 12.8 Å². The van der Waals surface area contributed by atoms with E-state index in [0.29, 0.717) is 0 Å². The average molecular weight is 301 g/mol. The summed E-state index contributed by atoms with van der Waals surface area (Å²) in [6.45, 7) is 4.58. The standard InChI is InChI=1S/C19H40O2/c1-3-5-6-7-8-9-10-11-12-13-14-15-16-19(4-2,17-20)18-21/h20-21H,3-18H2,1-2H3. The first-order chi connectivity index (χ1) is 10.2. The van der Waals surface area contributed by atoms with Crippen molar-refractivity contribution in [2.75, 3.05) is 13.2 Å². The lowest BCUT2D eigenvalue weighted by atomic mass is 9.81. The molecule has 0 saturated heterocycles. The third-order valence-electron chi connectivity index (χ3n) is 4.98. The molecule has 0 aliphatic rings. The van der Waals surface area contributed by atoms with Crippen LogP contribution in [0.5, 0.6) is 0 Å². The van der Waals surface area contributed by atoms with Gasteiger partial charge in [-0.25, -0.2) is 0 Å². The molecule has 0 rings (SSSR count). The first-order valence-electron chi connectivity index (χ1n) is 9.46. The zero-order valence-corrected chi connectivity index (χ0v) is 14.7. The average Bonchev–Trinajstić information content (AvgIpc) is 2.53.